The quantitative estimate of drug-likeness (QED) is 0.842. The molecule has 0 spiro atoms. The molecule has 1 saturated carbocycles. The smallest absolute Gasteiger partial charge is 0.307 e. The van der Waals surface area contributed by atoms with Crippen LogP contribution >= 0.6 is 0 Å². The van der Waals surface area contributed by atoms with Gasteiger partial charge in [0, 0.05) is 18.6 Å². The summed E-state index contributed by atoms with van der Waals surface area (Å²) in [5.41, 5.74) is 0. The summed E-state index contributed by atoms with van der Waals surface area (Å²) in [5.74, 6) is -0.874. The van der Waals surface area contributed by atoms with Gasteiger partial charge in [0.2, 0.25) is 5.91 Å². The molecule has 0 aromatic carbocycles. The van der Waals surface area contributed by atoms with Gasteiger partial charge >= 0.3 is 5.97 Å². The van der Waals surface area contributed by atoms with Crippen molar-refractivity contribution in [2.75, 3.05) is 19.6 Å². The molecule has 1 amide bonds. The summed E-state index contributed by atoms with van der Waals surface area (Å²) >= 11 is 0. The van der Waals surface area contributed by atoms with E-state index in [4.69, 9.17) is 5.11 Å². The van der Waals surface area contributed by atoms with Crippen LogP contribution in [0.25, 0.3) is 0 Å². The third-order valence-corrected chi connectivity index (χ3v) is 4.79. The lowest BCUT2D eigenvalue weighted by atomic mass is 9.93. The largest absolute Gasteiger partial charge is 0.481 e. The van der Waals surface area contributed by atoms with E-state index in [1.807, 2.05) is 9.80 Å². The Balaban J connectivity index is 1.91. The zero-order chi connectivity index (χ0) is 15.4. The summed E-state index contributed by atoms with van der Waals surface area (Å²) in [4.78, 5) is 27.7. The molecule has 21 heavy (non-hydrogen) atoms. The highest BCUT2D eigenvalue weighted by Crippen LogP contribution is 2.25. The normalized spacial score (nSPS) is 24.4. The number of hydrogen-bond acceptors (Lipinski definition) is 3. The number of amides is 1. The highest BCUT2D eigenvalue weighted by Gasteiger charge is 2.32. The summed E-state index contributed by atoms with van der Waals surface area (Å²) in [6.07, 6.45) is 6.60. The van der Waals surface area contributed by atoms with Crippen molar-refractivity contribution in [3.05, 3.63) is 0 Å². The van der Waals surface area contributed by atoms with Gasteiger partial charge in [0.05, 0.1) is 12.5 Å². The van der Waals surface area contributed by atoms with Crippen molar-refractivity contribution in [2.24, 2.45) is 5.92 Å². The van der Waals surface area contributed by atoms with Crippen molar-refractivity contribution in [3.8, 4) is 0 Å². The molecule has 2 rings (SSSR count). The van der Waals surface area contributed by atoms with Gasteiger partial charge in [0.25, 0.3) is 0 Å². The minimum atomic E-state index is -0.738. The van der Waals surface area contributed by atoms with Gasteiger partial charge in [-0.1, -0.05) is 19.3 Å². The molecule has 5 nitrogen and oxygen atoms in total. The number of carbonyl (C=O) groups excluding carboxylic acids is 1. The Morgan fingerprint density at radius 2 is 1.86 bits per heavy atom. The number of hydrogen-bond donors (Lipinski definition) is 1. The maximum Gasteiger partial charge on any atom is 0.307 e. The minimum Gasteiger partial charge on any atom is -0.481 e. The first-order valence-corrected chi connectivity index (χ1v) is 8.25. The van der Waals surface area contributed by atoms with E-state index < -0.39 is 5.97 Å². The first-order valence-electron chi connectivity index (χ1n) is 8.25. The predicted molar refractivity (Wildman–Crippen MR) is 81.0 cm³/mol. The molecular formula is C16H28N2O3. The Bertz CT molecular complexity index is 378. The zero-order valence-electron chi connectivity index (χ0n) is 13.3. The van der Waals surface area contributed by atoms with Crippen molar-refractivity contribution in [1.29, 1.82) is 0 Å². The summed E-state index contributed by atoms with van der Waals surface area (Å²) < 4.78 is 0. The molecule has 0 aromatic rings. The van der Waals surface area contributed by atoms with Crippen LogP contribution in [-0.4, -0.2) is 58.5 Å². The average molecular weight is 296 g/mol. The van der Waals surface area contributed by atoms with E-state index in [1.165, 1.54) is 19.3 Å². The number of aliphatic carboxylic acids is 1. The number of carboxylic acids is 1. The van der Waals surface area contributed by atoms with Crippen molar-refractivity contribution in [3.63, 3.8) is 0 Å². The van der Waals surface area contributed by atoms with Crippen LogP contribution in [0.3, 0.4) is 0 Å². The second-order valence-electron chi connectivity index (χ2n) is 6.75. The third-order valence-electron chi connectivity index (χ3n) is 4.79. The molecule has 1 aliphatic carbocycles. The standard InChI is InChI=1S/C16H28N2O3/c1-12(2)18(14-6-4-3-5-7-14)15(19)11-17-9-8-13(10-17)16(20)21/h12-14H,3-11H2,1-2H3,(H,20,21). The minimum absolute atomic E-state index is 0.169. The van der Waals surface area contributed by atoms with Crippen molar-refractivity contribution < 1.29 is 14.7 Å². The highest BCUT2D eigenvalue weighted by atomic mass is 16.4. The summed E-state index contributed by atoms with van der Waals surface area (Å²) in [6.45, 7) is 5.77. The van der Waals surface area contributed by atoms with Gasteiger partial charge in [0.1, 0.15) is 0 Å². The maximum absolute atomic E-state index is 12.7. The second kappa shape index (κ2) is 7.25. The monoisotopic (exact) mass is 296 g/mol. The zero-order valence-corrected chi connectivity index (χ0v) is 13.3. The predicted octanol–water partition coefficient (Wildman–Crippen LogP) is 1.96. The molecule has 1 N–H and O–H groups in total. The summed E-state index contributed by atoms with van der Waals surface area (Å²) in [7, 11) is 0. The fraction of sp³-hybridized carbons (Fsp3) is 0.875. The molecule has 0 bridgehead atoms. The Hall–Kier alpha value is -1.10. The maximum atomic E-state index is 12.7. The first kappa shape index (κ1) is 16.3. The molecule has 120 valence electrons. The van der Waals surface area contributed by atoms with Crippen molar-refractivity contribution in [2.45, 2.75) is 64.5 Å². The number of carbonyl (C=O) groups is 2. The van der Waals surface area contributed by atoms with E-state index in [0.29, 0.717) is 25.6 Å². The Kier molecular flexibility index (Phi) is 5.62. The molecule has 1 saturated heterocycles. The average Bonchev–Trinajstić information content (AvgIpc) is 2.88. The molecular weight excluding hydrogens is 268 g/mol. The number of nitrogens with zero attached hydrogens (tertiary/aromatic N) is 2. The fourth-order valence-corrected chi connectivity index (χ4v) is 3.72. The number of likely N-dealkylation sites (tertiary alicyclic amines) is 1. The first-order chi connectivity index (χ1) is 9.99. The van der Waals surface area contributed by atoms with Crippen molar-refractivity contribution in [1.82, 2.24) is 9.80 Å². The molecule has 1 unspecified atom stereocenters. The van der Waals surface area contributed by atoms with E-state index >= 15 is 0 Å². The van der Waals surface area contributed by atoms with Gasteiger partial charge in [0.15, 0.2) is 0 Å². The van der Waals surface area contributed by atoms with Crippen LogP contribution in [0.4, 0.5) is 0 Å². The van der Waals surface area contributed by atoms with Gasteiger partial charge in [-0.15, -0.1) is 0 Å². The van der Waals surface area contributed by atoms with Crippen LogP contribution in [0.1, 0.15) is 52.4 Å². The second-order valence-corrected chi connectivity index (χ2v) is 6.75. The van der Waals surface area contributed by atoms with E-state index in [1.54, 1.807) is 0 Å². The van der Waals surface area contributed by atoms with Crippen molar-refractivity contribution >= 4 is 11.9 Å². The molecule has 2 aliphatic rings. The molecule has 1 aliphatic heterocycles. The van der Waals surface area contributed by atoms with Crippen LogP contribution in [0.5, 0.6) is 0 Å². The Labute approximate surface area is 127 Å². The lowest BCUT2D eigenvalue weighted by Gasteiger charge is -2.38. The lowest BCUT2D eigenvalue weighted by molar-refractivity contribution is -0.142. The van der Waals surface area contributed by atoms with Crippen LogP contribution in [-0.2, 0) is 9.59 Å². The molecule has 1 heterocycles. The van der Waals surface area contributed by atoms with Gasteiger partial charge in [-0.05, 0) is 39.7 Å². The topological polar surface area (TPSA) is 60.9 Å². The van der Waals surface area contributed by atoms with Gasteiger partial charge in [-0.2, -0.15) is 0 Å². The molecule has 5 heteroatoms. The van der Waals surface area contributed by atoms with Crippen LogP contribution in [0.2, 0.25) is 0 Å². The number of carboxylic acid groups (broad SMARTS) is 1. The van der Waals surface area contributed by atoms with Crippen LogP contribution in [0, 0.1) is 5.92 Å². The van der Waals surface area contributed by atoms with Gasteiger partial charge in [-0.3, -0.25) is 14.5 Å². The highest BCUT2D eigenvalue weighted by molar-refractivity contribution is 5.79. The fourth-order valence-electron chi connectivity index (χ4n) is 3.72. The third kappa shape index (κ3) is 4.19. The molecule has 0 radical (unpaired) electrons. The van der Waals surface area contributed by atoms with Gasteiger partial charge < -0.3 is 10.0 Å². The molecule has 1 atom stereocenters. The van der Waals surface area contributed by atoms with Gasteiger partial charge in [-0.25, -0.2) is 0 Å². The lowest BCUT2D eigenvalue weighted by Crippen LogP contribution is -2.49. The summed E-state index contributed by atoms with van der Waals surface area (Å²) in [5, 5.41) is 9.04. The Morgan fingerprint density at radius 1 is 1.19 bits per heavy atom. The summed E-state index contributed by atoms with van der Waals surface area (Å²) in [6, 6.07) is 0.600. The van der Waals surface area contributed by atoms with Crippen LogP contribution < -0.4 is 0 Å². The molecule has 2 fully saturated rings. The van der Waals surface area contributed by atoms with E-state index in [2.05, 4.69) is 13.8 Å². The Morgan fingerprint density at radius 3 is 2.38 bits per heavy atom. The number of rotatable bonds is 5. The molecule has 0 aromatic heterocycles. The SMILES string of the molecule is CC(C)N(C(=O)CN1CCC(C(=O)O)C1)C1CCCCC1. The van der Waals surface area contributed by atoms with E-state index in [0.717, 1.165) is 19.4 Å². The van der Waals surface area contributed by atoms with Crippen LogP contribution in [0.15, 0.2) is 0 Å². The van der Waals surface area contributed by atoms with E-state index in [-0.39, 0.29) is 17.9 Å². The van der Waals surface area contributed by atoms with E-state index in [9.17, 15) is 9.59 Å².